The van der Waals surface area contributed by atoms with Gasteiger partial charge in [0, 0.05) is 73.2 Å². The zero-order valence-electron chi connectivity index (χ0n) is 74.9. The van der Waals surface area contributed by atoms with Crippen LogP contribution in [0.25, 0.3) is 21.8 Å². The average molecular weight is 1810 g/mol. The van der Waals surface area contributed by atoms with Crippen molar-refractivity contribution in [2.75, 3.05) is 58.9 Å². The van der Waals surface area contributed by atoms with Gasteiger partial charge in [0.05, 0.1) is 6.10 Å². The number of aromatic amines is 2. The van der Waals surface area contributed by atoms with Crippen LogP contribution in [0.2, 0.25) is 0 Å². The predicted molar refractivity (Wildman–Crippen MR) is 488 cm³/mol. The molecule has 3 fully saturated rings. The number of hydrogen-bond donors (Lipinski definition) is 24. The fraction of sp³-hybridized carbons (Fsp3) is 0.632. The van der Waals surface area contributed by atoms with E-state index in [0.29, 0.717) is 90.7 Å². The molecule has 129 heavy (non-hydrogen) atoms. The molecule has 2 aromatic heterocycles. The van der Waals surface area contributed by atoms with Crippen molar-refractivity contribution in [3.8, 4) is 0 Å². The number of fused-ring (bicyclic) bond motifs is 4. The van der Waals surface area contributed by atoms with E-state index >= 15 is 47.9 Å². The molecular formula is C87H141N27O15. The van der Waals surface area contributed by atoms with Crippen LogP contribution >= 0.6 is 0 Å². The van der Waals surface area contributed by atoms with Crippen LogP contribution in [0, 0.1) is 5.92 Å². The number of amides is 14. The number of nitrogens with zero attached hydrogens (tertiary/aromatic N) is 4. The highest BCUT2D eigenvalue weighted by atomic mass is 16.3. The van der Waals surface area contributed by atoms with E-state index < -0.39 is 179 Å². The summed E-state index contributed by atoms with van der Waals surface area (Å²) in [5.41, 5.74) is 55.2. The lowest BCUT2D eigenvalue weighted by Crippen LogP contribution is -2.62. The molecule has 3 aliphatic heterocycles. The Hall–Kier alpha value is -11.6. The lowest BCUT2D eigenvalue weighted by Gasteiger charge is -2.34. The Morgan fingerprint density at radius 1 is 0.380 bits per heavy atom. The van der Waals surface area contributed by atoms with E-state index in [4.69, 9.17) is 51.6 Å². The molecule has 7 rings (SSSR count). The van der Waals surface area contributed by atoms with Crippen molar-refractivity contribution in [2.45, 2.75) is 285 Å². The van der Waals surface area contributed by atoms with Crippen molar-refractivity contribution in [1.29, 1.82) is 0 Å². The normalized spacial score (nSPS) is 24.8. The van der Waals surface area contributed by atoms with Crippen molar-refractivity contribution in [3.05, 3.63) is 72.1 Å². The van der Waals surface area contributed by atoms with Gasteiger partial charge in [0.15, 0.2) is 11.9 Å². The van der Waals surface area contributed by atoms with Crippen molar-refractivity contribution in [2.24, 2.45) is 67.5 Å². The first-order valence-electron chi connectivity index (χ1n) is 45.5. The van der Waals surface area contributed by atoms with Gasteiger partial charge in [0.1, 0.15) is 84.6 Å². The topological polar surface area (TPSA) is 701 Å². The number of guanidine groups is 2. The first-order chi connectivity index (χ1) is 61.9. The zero-order chi connectivity index (χ0) is 94.2. The number of aliphatic hydroxyl groups is 1. The second-order valence-corrected chi connectivity index (χ2v) is 33.7. The molecule has 5 heterocycles. The summed E-state index contributed by atoms with van der Waals surface area (Å²) in [6.07, 6.45) is 5.40. The van der Waals surface area contributed by atoms with Gasteiger partial charge < -0.3 is 140 Å². The molecule has 714 valence electrons. The second-order valence-electron chi connectivity index (χ2n) is 33.7. The van der Waals surface area contributed by atoms with E-state index in [1.54, 1.807) is 74.8 Å². The van der Waals surface area contributed by atoms with E-state index in [2.05, 4.69) is 83.8 Å². The van der Waals surface area contributed by atoms with E-state index in [1.165, 1.54) is 23.6 Å². The second kappa shape index (κ2) is 54.0. The summed E-state index contributed by atoms with van der Waals surface area (Å²) in [5, 5.41) is 46.2. The smallest absolute Gasteiger partial charge is 0.246 e. The highest BCUT2D eigenvalue weighted by Crippen LogP contribution is 2.28. The first-order valence-corrected chi connectivity index (χ1v) is 45.5. The Morgan fingerprint density at radius 3 is 1.09 bits per heavy atom. The fourth-order valence-corrected chi connectivity index (χ4v) is 16.2. The van der Waals surface area contributed by atoms with E-state index in [1.807, 2.05) is 0 Å². The van der Waals surface area contributed by atoms with Crippen LogP contribution in [0.4, 0.5) is 0 Å². The largest absolute Gasteiger partial charge is 0.391 e. The number of carbonyl (C=O) groups excluding carboxylic acids is 14. The number of carbonyl (C=O) groups is 14. The molecule has 0 radical (unpaired) electrons. The molecule has 42 heteroatoms. The molecule has 0 spiro atoms. The fourth-order valence-electron chi connectivity index (χ4n) is 16.2. The molecule has 0 bridgehead atoms. The maximum atomic E-state index is 15.4. The molecule has 0 unspecified atom stereocenters. The number of aromatic nitrogens is 2. The number of nitrogens with two attached hydrogens (primary N) is 9. The maximum absolute atomic E-state index is 15.4. The molecule has 2 aromatic carbocycles. The maximum Gasteiger partial charge on any atom is 0.246 e. The number of aliphatic hydroxyl groups excluding tert-OH is 1. The number of H-pyrrole nitrogens is 2. The molecular weight excluding hydrogens is 1660 g/mol. The van der Waals surface area contributed by atoms with E-state index in [0.717, 1.165) is 0 Å². The van der Waals surface area contributed by atoms with Crippen LogP contribution in [-0.2, 0) is 80.0 Å². The predicted octanol–water partition coefficient (Wildman–Crippen LogP) is -3.55. The molecule has 3 saturated heterocycles. The van der Waals surface area contributed by atoms with Gasteiger partial charge >= 0.3 is 0 Å². The summed E-state index contributed by atoms with van der Waals surface area (Å²) >= 11 is 0. The van der Waals surface area contributed by atoms with Gasteiger partial charge in [-0.25, -0.2) is 0 Å². The number of hydrogen-bond acceptors (Lipinski definition) is 22. The van der Waals surface area contributed by atoms with E-state index in [9.17, 15) is 24.3 Å². The molecule has 3 aliphatic rings. The molecule has 42 nitrogen and oxygen atoms in total. The van der Waals surface area contributed by atoms with Crippen LogP contribution in [0.1, 0.15) is 193 Å². The summed E-state index contributed by atoms with van der Waals surface area (Å²) in [4.78, 5) is 228. The van der Waals surface area contributed by atoms with Crippen LogP contribution in [0.15, 0.2) is 70.9 Å². The molecule has 0 saturated carbocycles. The van der Waals surface area contributed by atoms with Gasteiger partial charge in [-0.05, 0) is 223 Å². The Balaban J connectivity index is 1.33. The van der Waals surface area contributed by atoms with Crippen molar-refractivity contribution in [1.82, 2.24) is 83.6 Å². The minimum Gasteiger partial charge on any atom is -0.391 e. The summed E-state index contributed by atoms with van der Waals surface area (Å²) in [5.74, 6) is -13.0. The third-order valence-corrected chi connectivity index (χ3v) is 23.8. The Kier molecular flexibility index (Phi) is 43.7. The number of rotatable bonds is 35. The van der Waals surface area contributed by atoms with E-state index in [-0.39, 0.29) is 180 Å². The van der Waals surface area contributed by atoms with Crippen molar-refractivity contribution < 1.29 is 72.2 Å². The van der Waals surface area contributed by atoms with Crippen molar-refractivity contribution >= 4 is 116 Å². The highest BCUT2D eigenvalue weighted by Gasteiger charge is 2.46. The molecule has 33 N–H and O–H groups in total. The van der Waals surface area contributed by atoms with Gasteiger partial charge in [0.2, 0.25) is 82.7 Å². The molecule has 4 aromatic rings. The molecule has 14 amide bonds. The standard InChI is InChI=1S/C87H141N27O15/c1-5-50(2)70-82(126)107-62(31-13-18-40-91)76(120)103-60(29-11-16-38-89)74(118)104-63(33-20-42-97-86(93)94)77(121)105-64(34-21-43-98-87(95)96)78(122)109-66(46-53-48-99-57-26-8-6-24-55(53)57)79(123)106-61(30-12-17-39-90)75(119)102-59(28-10-15-37-88)73(117)101-51(3)72(116)108-65(32-14-19-41-92)84(128)114-45-23-36-69(114)85(129)113-44-22-35-68(113)81(125)112-71(52(4)115)83(127)110-67(80(124)111-70)47-54-49-100-58-27-9-7-25-56(54)58/h6-9,24-27,48-52,59-71,99-100,115H,5,10-23,28-47,88-92H2,1-4H3,(H,101,117)(H,102,119)(H,103,120)(H,104,118)(H,105,121)(H,106,123)(H,107,126)(H,108,116)(H,109,122)(H,110,127)(H,111,124)(H,112,125)(H4,93,94,97)(H4,95,96,98)/t50-,51-,52+,59-,60-,61-,62-,63-,64-,65-,66-,67-,68-,69-,70-,71-/m0/s1. The summed E-state index contributed by atoms with van der Waals surface area (Å²) in [7, 11) is 0. The minimum atomic E-state index is -1.77. The monoisotopic (exact) mass is 1800 g/mol. The summed E-state index contributed by atoms with van der Waals surface area (Å²) < 4.78 is 0. The highest BCUT2D eigenvalue weighted by molar-refractivity contribution is 6.02. The third kappa shape index (κ3) is 32.2. The average Bonchev–Trinajstić information content (AvgIpc) is 1.65. The SMILES string of the molecule is CC[C@H](C)[C@@H]1NC(=O)[C@H](Cc2c[nH]c3ccccc23)NC(=O)[C@H]([C@@H](C)O)NC(=O)[C@@H]2CCCN2C(=O)[C@@H]2CCCN2C(=O)[C@H](CCCCN)NC(=O)[C@H](C)NC(=O)[C@H](CCCCN)NC(=O)[C@H](CCCCN)NC(=O)[C@H](Cc2c[nH]c3ccccc23)NC(=O)[C@H](CCCN=C(N)N)NC(=O)[C@H](CCCN=C(N)N)NC(=O)[C@H](CCCCN)NC(=O)[C@H](CCCCN)NC1=O. The quantitative estimate of drug-likeness (QED) is 0.0120. The van der Waals surface area contributed by atoms with Crippen molar-refractivity contribution in [3.63, 3.8) is 0 Å². The van der Waals surface area contributed by atoms with Crippen LogP contribution in [-0.4, -0.2) is 269 Å². The Bertz CT molecular complexity index is 4440. The number of aliphatic imine (C=N–C) groups is 2. The number of nitrogens with one attached hydrogen (secondary N) is 14. The number of benzene rings is 2. The van der Waals surface area contributed by atoms with Crippen LogP contribution in [0.3, 0.4) is 0 Å². The van der Waals surface area contributed by atoms with Gasteiger partial charge in [-0.1, -0.05) is 56.7 Å². The lowest BCUT2D eigenvalue weighted by molar-refractivity contribution is -0.148. The van der Waals surface area contributed by atoms with Crippen LogP contribution < -0.4 is 115 Å². The van der Waals surface area contributed by atoms with Gasteiger partial charge in [-0.3, -0.25) is 77.1 Å². The minimum absolute atomic E-state index is 0.0145. The Morgan fingerprint density at radius 2 is 0.698 bits per heavy atom. The summed E-state index contributed by atoms with van der Waals surface area (Å²) in [6.45, 7) is 7.10. The zero-order valence-corrected chi connectivity index (χ0v) is 74.9. The van der Waals surface area contributed by atoms with Crippen LogP contribution in [0.5, 0.6) is 0 Å². The first kappa shape index (κ1) is 104. The van der Waals surface area contributed by atoms with Gasteiger partial charge in [-0.15, -0.1) is 0 Å². The van der Waals surface area contributed by atoms with Gasteiger partial charge in [-0.2, -0.15) is 0 Å². The number of unbranched alkanes of at least 4 members (excludes halogenated alkanes) is 5. The summed E-state index contributed by atoms with van der Waals surface area (Å²) in [6, 6.07) is -5.68. The third-order valence-electron chi connectivity index (χ3n) is 23.8. The Labute approximate surface area is 752 Å². The number of para-hydroxylation sites is 2. The molecule has 16 atom stereocenters. The lowest BCUT2D eigenvalue weighted by atomic mass is 9.96. The molecule has 0 aliphatic carbocycles. The van der Waals surface area contributed by atoms with Gasteiger partial charge in [0.25, 0.3) is 0 Å².